The number of hydrogen-bond acceptors (Lipinski definition) is 5. The zero-order valence-corrected chi connectivity index (χ0v) is 9.83. The lowest BCUT2D eigenvalue weighted by Gasteiger charge is -2.23. The molecule has 2 heterocycles. The smallest absolute Gasteiger partial charge is 0.327 e. The molecule has 6 nitrogen and oxygen atoms in total. The molecule has 0 amide bonds. The highest BCUT2D eigenvalue weighted by atomic mass is 16.6. The number of ether oxygens (including phenoxy) is 2. The molecule has 1 unspecified atom stereocenters. The lowest BCUT2D eigenvalue weighted by Crippen LogP contribution is -2.31. The Kier molecular flexibility index (Phi) is 3.75. The number of nitrogens with two attached hydrogens (primary N) is 1. The molecule has 1 fully saturated rings. The monoisotopic (exact) mass is 239 g/mol. The molecule has 1 aromatic rings. The van der Waals surface area contributed by atoms with Crippen molar-refractivity contribution in [2.24, 2.45) is 12.8 Å². The summed E-state index contributed by atoms with van der Waals surface area (Å²) >= 11 is 0. The minimum Gasteiger partial charge on any atom is -0.461 e. The van der Waals surface area contributed by atoms with Crippen molar-refractivity contribution in [2.75, 3.05) is 13.2 Å². The molecule has 1 saturated heterocycles. The molecule has 0 aromatic carbocycles. The van der Waals surface area contributed by atoms with Gasteiger partial charge in [0, 0.05) is 31.6 Å². The van der Waals surface area contributed by atoms with Crippen LogP contribution in [0.5, 0.6) is 0 Å². The fraction of sp³-hybridized carbons (Fsp3) is 0.636. The minimum absolute atomic E-state index is 0.0704. The Labute approximate surface area is 99.7 Å². The maximum atomic E-state index is 11.8. The summed E-state index contributed by atoms with van der Waals surface area (Å²) in [4.78, 5) is 11.8. The van der Waals surface area contributed by atoms with Crippen LogP contribution in [-0.2, 0) is 21.3 Å². The number of aryl methyl sites for hydroxylation is 1. The van der Waals surface area contributed by atoms with Gasteiger partial charge < -0.3 is 15.2 Å². The molecule has 1 aromatic heterocycles. The highest BCUT2D eigenvalue weighted by molar-refractivity contribution is 5.77. The predicted octanol–water partition coefficient (Wildman–Crippen LogP) is 0.142. The quantitative estimate of drug-likeness (QED) is 0.759. The summed E-state index contributed by atoms with van der Waals surface area (Å²) in [6.07, 6.45) is 4.71. The van der Waals surface area contributed by atoms with Gasteiger partial charge in [-0.1, -0.05) is 0 Å². The van der Waals surface area contributed by atoms with E-state index in [1.807, 2.05) is 0 Å². The fourth-order valence-electron chi connectivity index (χ4n) is 1.77. The van der Waals surface area contributed by atoms with Crippen LogP contribution in [0.2, 0.25) is 0 Å². The normalized spacial score (nSPS) is 18.9. The Bertz CT molecular complexity index is 385. The van der Waals surface area contributed by atoms with Crippen LogP contribution < -0.4 is 5.73 Å². The first-order chi connectivity index (χ1) is 8.16. The first-order valence-corrected chi connectivity index (χ1v) is 5.69. The van der Waals surface area contributed by atoms with Gasteiger partial charge in [0.15, 0.2) is 0 Å². The molecular formula is C11H17N3O3. The third kappa shape index (κ3) is 3.04. The fourth-order valence-corrected chi connectivity index (χ4v) is 1.77. The maximum Gasteiger partial charge on any atom is 0.327 e. The van der Waals surface area contributed by atoms with Gasteiger partial charge in [0.1, 0.15) is 12.1 Å². The van der Waals surface area contributed by atoms with Gasteiger partial charge in [-0.15, -0.1) is 0 Å². The number of esters is 1. The standard InChI is InChI=1S/C11H17N3O3/c1-14-7-8(6-13-14)10(12)11(15)17-9-2-4-16-5-3-9/h6-7,9-10H,2-5,12H2,1H3. The van der Waals surface area contributed by atoms with Crippen LogP contribution in [0.1, 0.15) is 24.4 Å². The lowest BCUT2D eigenvalue weighted by atomic mass is 10.1. The van der Waals surface area contributed by atoms with Crippen molar-refractivity contribution in [1.82, 2.24) is 9.78 Å². The molecule has 1 aliphatic heterocycles. The summed E-state index contributed by atoms with van der Waals surface area (Å²) < 4.78 is 12.1. The van der Waals surface area contributed by atoms with Gasteiger partial charge in [-0.2, -0.15) is 5.10 Å². The van der Waals surface area contributed by atoms with Gasteiger partial charge in [-0.25, -0.2) is 4.79 Å². The number of carbonyl (C=O) groups is 1. The molecule has 0 aliphatic carbocycles. The topological polar surface area (TPSA) is 79.4 Å². The number of carbonyl (C=O) groups excluding carboxylic acids is 1. The summed E-state index contributed by atoms with van der Waals surface area (Å²) in [6.45, 7) is 1.28. The minimum atomic E-state index is -0.758. The van der Waals surface area contributed by atoms with E-state index in [0.717, 1.165) is 12.8 Å². The van der Waals surface area contributed by atoms with Crippen molar-refractivity contribution in [2.45, 2.75) is 25.0 Å². The summed E-state index contributed by atoms with van der Waals surface area (Å²) in [6, 6.07) is -0.758. The summed E-state index contributed by atoms with van der Waals surface area (Å²) in [7, 11) is 1.78. The van der Waals surface area contributed by atoms with Crippen LogP contribution in [0.25, 0.3) is 0 Å². The van der Waals surface area contributed by atoms with Crippen LogP contribution in [0, 0.1) is 0 Å². The number of rotatable bonds is 3. The Balaban J connectivity index is 1.90. The van der Waals surface area contributed by atoms with Gasteiger partial charge >= 0.3 is 5.97 Å². The summed E-state index contributed by atoms with van der Waals surface area (Å²) in [5, 5.41) is 3.98. The molecule has 1 aliphatic rings. The molecule has 2 rings (SSSR count). The van der Waals surface area contributed by atoms with E-state index < -0.39 is 12.0 Å². The molecule has 17 heavy (non-hydrogen) atoms. The van der Waals surface area contributed by atoms with E-state index in [1.54, 1.807) is 24.1 Å². The lowest BCUT2D eigenvalue weighted by molar-refractivity contribution is -0.154. The Hall–Kier alpha value is -1.40. The van der Waals surface area contributed by atoms with Crippen molar-refractivity contribution in [3.05, 3.63) is 18.0 Å². The van der Waals surface area contributed by atoms with Gasteiger partial charge in [-0.3, -0.25) is 4.68 Å². The number of aromatic nitrogens is 2. The van der Waals surface area contributed by atoms with Crippen LogP contribution in [0.15, 0.2) is 12.4 Å². The first kappa shape index (κ1) is 12.1. The van der Waals surface area contributed by atoms with E-state index in [9.17, 15) is 4.79 Å². The number of nitrogens with zero attached hydrogens (tertiary/aromatic N) is 2. The van der Waals surface area contributed by atoms with Crippen LogP contribution in [-0.4, -0.2) is 35.1 Å². The van der Waals surface area contributed by atoms with Crippen molar-refractivity contribution in [3.8, 4) is 0 Å². The second-order valence-corrected chi connectivity index (χ2v) is 4.17. The van der Waals surface area contributed by atoms with Crippen molar-refractivity contribution >= 4 is 5.97 Å². The zero-order chi connectivity index (χ0) is 12.3. The Morgan fingerprint density at radius 3 is 2.94 bits per heavy atom. The van der Waals surface area contributed by atoms with Crippen molar-refractivity contribution in [3.63, 3.8) is 0 Å². The predicted molar refractivity (Wildman–Crippen MR) is 60.1 cm³/mol. The largest absolute Gasteiger partial charge is 0.461 e. The molecule has 1 atom stereocenters. The molecule has 0 bridgehead atoms. The first-order valence-electron chi connectivity index (χ1n) is 5.69. The van der Waals surface area contributed by atoms with Gasteiger partial charge in [0.2, 0.25) is 0 Å². The molecule has 0 saturated carbocycles. The highest BCUT2D eigenvalue weighted by Crippen LogP contribution is 2.16. The SMILES string of the molecule is Cn1cc(C(N)C(=O)OC2CCOCC2)cn1. The summed E-state index contributed by atoms with van der Waals surface area (Å²) in [5.74, 6) is -0.398. The van der Waals surface area contributed by atoms with Crippen LogP contribution in [0.3, 0.4) is 0 Å². The third-order valence-corrected chi connectivity index (χ3v) is 2.79. The number of hydrogen-bond donors (Lipinski definition) is 1. The molecule has 2 N–H and O–H groups in total. The van der Waals surface area contributed by atoms with E-state index in [1.165, 1.54) is 0 Å². The van der Waals surface area contributed by atoms with Crippen molar-refractivity contribution in [1.29, 1.82) is 0 Å². The van der Waals surface area contributed by atoms with E-state index >= 15 is 0 Å². The molecule has 0 spiro atoms. The van der Waals surface area contributed by atoms with Crippen molar-refractivity contribution < 1.29 is 14.3 Å². The second-order valence-electron chi connectivity index (χ2n) is 4.17. The Morgan fingerprint density at radius 2 is 2.35 bits per heavy atom. The molecule has 94 valence electrons. The van der Waals surface area contributed by atoms with E-state index in [-0.39, 0.29) is 6.10 Å². The zero-order valence-electron chi connectivity index (χ0n) is 9.83. The highest BCUT2D eigenvalue weighted by Gasteiger charge is 2.24. The van der Waals surface area contributed by atoms with E-state index in [2.05, 4.69) is 5.10 Å². The molecule has 0 radical (unpaired) electrons. The maximum absolute atomic E-state index is 11.8. The summed E-state index contributed by atoms with van der Waals surface area (Å²) in [5.41, 5.74) is 6.48. The second kappa shape index (κ2) is 5.29. The van der Waals surface area contributed by atoms with Crippen LogP contribution >= 0.6 is 0 Å². The average Bonchev–Trinajstić information content (AvgIpc) is 2.76. The molecule has 6 heteroatoms. The molecular weight excluding hydrogens is 222 g/mol. The van der Waals surface area contributed by atoms with Gasteiger partial charge in [0.05, 0.1) is 19.4 Å². The van der Waals surface area contributed by atoms with Crippen LogP contribution in [0.4, 0.5) is 0 Å². The van der Waals surface area contributed by atoms with Gasteiger partial charge in [0.25, 0.3) is 0 Å². The van der Waals surface area contributed by atoms with Gasteiger partial charge in [-0.05, 0) is 0 Å². The Morgan fingerprint density at radius 1 is 1.65 bits per heavy atom. The average molecular weight is 239 g/mol. The third-order valence-electron chi connectivity index (χ3n) is 2.79. The van der Waals surface area contributed by atoms with E-state index in [4.69, 9.17) is 15.2 Å². The van der Waals surface area contributed by atoms with E-state index in [0.29, 0.717) is 18.8 Å².